The van der Waals surface area contributed by atoms with Crippen molar-refractivity contribution in [1.82, 2.24) is 4.31 Å². The second kappa shape index (κ2) is 7.96. The maximum Gasteiger partial charge on any atom is 0.337 e. The Kier molecular flexibility index (Phi) is 6.20. The van der Waals surface area contributed by atoms with Crippen LogP contribution in [0.1, 0.15) is 29.6 Å². The molecule has 1 saturated heterocycles. The highest BCUT2D eigenvalue weighted by Gasteiger charge is 2.25. The first-order valence-electron chi connectivity index (χ1n) is 7.49. The Morgan fingerprint density at radius 2 is 1.96 bits per heavy atom. The molecule has 0 bridgehead atoms. The quantitative estimate of drug-likeness (QED) is 0.767. The van der Waals surface area contributed by atoms with Crippen LogP contribution in [0.5, 0.6) is 0 Å². The van der Waals surface area contributed by atoms with Crippen molar-refractivity contribution in [3.63, 3.8) is 0 Å². The van der Waals surface area contributed by atoms with Crippen molar-refractivity contribution in [3.05, 3.63) is 28.8 Å². The fourth-order valence-electron chi connectivity index (χ4n) is 2.40. The number of esters is 1. The van der Waals surface area contributed by atoms with Gasteiger partial charge in [-0.15, -0.1) is 0 Å². The first kappa shape index (κ1) is 18.7. The molecule has 1 fully saturated rings. The van der Waals surface area contributed by atoms with Crippen LogP contribution >= 0.6 is 11.6 Å². The normalized spacial score (nSPS) is 15.2. The summed E-state index contributed by atoms with van der Waals surface area (Å²) in [6.07, 6.45) is 1.51. The second-order valence-corrected chi connectivity index (χ2v) is 7.90. The van der Waals surface area contributed by atoms with Gasteiger partial charge in [-0.3, -0.25) is 4.79 Å². The summed E-state index contributed by atoms with van der Waals surface area (Å²) in [5.74, 6) is -1.30. The van der Waals surface area contributed by atoms with Crippen LogP contribution in [0.25, 0.3) is 0 Å². The number of hydrogen-bond acceptors (Lipinski definition) is 5. The number of rotatable bonds is 6. The molecule has 0 unspecified atom stereocenters. The van der Waals surface area contributed by atoms with E-state index in [2.05, 4.69) is 10.1 Å². The molecule has 1 aliphatic heterocycles. The monoisotopic (exact) mass is 374 g/mol. The summed E-state index contributed by atoms with van der Waals surface area (Å²) in [5.41, 5.74) is 0.477. The maximum atomic E-state index is 12.1. The molecule has 9 heteroatoms. The smallest absolute Gasteiger partial charge is 0.337 e. The molecule has 0 aliphatic carbocycles. The molecular weight excluding hydrogens is 356 g/mol. The zero-order chi connectivity index (χ0) is 17.7. The molecule has 0 aromatic heterocycles. The highest BCUT2D eigenvalue weighted by molar-refractivity contribution is 7.89. The first-order chi connectivity index (χ1) is 11.3. The van der Waals surface area contributed by atoms with Crippen molar-refractivity contribution in [1.29, 1.82) is 0 Å². The Balaban J connectivity index is 1.98. The lowest BCUT2D eigenvalue weighted by molar-refractivity contribution is -0.115. The minimum absolute atomic E-state index is 0.183. The number of halogens is 1. The molecular formula is C15H19ClN2O5S. The van der Waals surface area contributed by atoms with Crippen LogP contribution in [0, 0.1) is 0 Å². The summed E-state index contributed by atoms with van der Waals surface area (Å²) >= 11 is 5.99. The van der Waals surface area contributed by atoms with E-state index in [9.17, 15) is 18.0 Å². The van der Waals surface area contributed by atoms with Gasteiger partial charge in [0.2, 0.25) is 15.9 Å². The van der Waals surface area contributed by atoms with E-state index in [4.69, 9.17) is 11.6 Å². The van der Waals surface area contributed by atoms with Crippen molar-refractivity contribution in [2.75, 3.05) is 31.3 Å². The van der Waals surface area contributed by atoms with Crippen molar-refractivity contribution in [3.8, 4) is 0 Å². The number of amides is 1. The molecule has 0 saturated carbocycles. The molecule has 132 valence electrons. The van der Waals surface area contributed by atoms with Gasteiger partial charge < -0.3 is 10.1 Å². The molecule has 0 radical (unpaired) electrons. The lowest BCUT2D eigenvalue weighted by Crippen LogP contribution is -2.31. The maximum absolute atomic E-state index is 12.1. The lowest BCUT2D eigenvalue weighted by atomic mass is 10.2. The number of hydrogen-bond donors (Lipinski definition) is 1. The summed E-state index contributed by atoms with van der Waals surface area (Å²) in [5, 5.41) is 2.78. The van der Waals surface area contributed by atoms with Gasteiger partial charge in [0.05, 0.1) is 29.1 Å². The molecule has 1 heterocycles. The lowest BCUT2D eigenvalue weighted by Gasteiger charge is -2.15. The number of benzene rings is 1. The third-order valence-electron chi connectivity index (χ3n) is 3.71. The van der Waals surface area contributed by atoms with Gasteiger partial charge >= 0.3 is 5.97 Å². The summed E-state index contributed by atoms with van der Waals surface area (Å²) in [6.45, 7) is 1.02. The molecule has 0 atom stereocenters. The fraction of sp³-hybridized carbons (Fsp3) is 0.467. The van der Waals surface area contributed by atoms with Crippen molar-refractivity contribution >= 4 is 39.2 Å². The zero-order valence-electron chi connectivity index (χ0n) is 13.2. The number of ether oxygens (including phenoxy) is 1. The number of anilines is 1. The minimum Gasteiger partial charge on any atom is -0.465 e. The SMILES string of the molecule is COC(=O)c1ccc(Cl)c(NC(=O)CCS(=O)(=O)N2CCCC2)c1. The van der Waals surface area contributed by atoms with Gasteiger partial charge in [-0.05, 0) is 31.0 Å². The van der Waals surface area contributed by atoms with Crippen LogP contribution in [-0.4, -0.2) is 50.6 Å². The van der Waals surface area contributed by atoms with E-state index >= 15 is 0 Å². The van der Waals surface area contributed by atoms with Crippen LogP contribution in [0.4, 0.5) is 5.69 Å². The van der Waals surface area contributed by atoms with Crippen LogP contribution in [0.2, 0.25) is 5.02 Å². The highest BCUT2D eigenvalue weighted by Crippen LogP contribution is 2.24. The number of carbonyl (C=O) groups excluding carboxylic acids is 2. The van der Waals surface area contributed by atoms with Crippen LogP contribution in [0.3, 0.4) is 0 Å². The van der Waals surface area contributed by atoms with Gasteiger partial charge in [-0.1, -0.05) is 11.6 Å². The predicted molar refractivity (Wildman–Crippen MR) is 90.6 cm³/mol. The fourth-order valence-corrected chi connectivity index (χ4v) is 4.08. The topological polar surface area (TPSA) is 92.8 Å². The molecule has 1 aromatic rings. The molecule has 1 N–H and O–H groups in total. The van der Waals surface area contributed by atoms with E-state index < -0.39 is 21.9 Å². The Bertz CT molecular complexity index is 729. The molecule has 7 nitrogen and oxygen atoms in total. The predicted octanol–water partition coefficient (Wildman–Crippen LogP) is 1.88. The van der Waals surface area contributed by atoms with Gasteiger partial charge in [0, 0.05) is 19.5 Å². The highest BCUT2D eigenvalue weighted by atomic mass is 35.5. The van der Waals surface area contributed by atoms with E-state index in [1.807, 2.05) is 0 Å². The first-order valence-corrected chi connectivity index (χ1v) is 9.48. The van der Waals surface area contributed by atoms with E-state index in [0.717, 1.165) is 12.8 Å². The Hall–Kier alpha value is -1.64. The summed E-state index contributed by atoms with van der Waals surface area (Å²) in [7, 11) is -2.17. The standard InChI is InChI=1S/C15H19ClN2O5S/c1-23-15(20)11-4-5-12(16)13(10-11)17-14(19)6-9-24(21,22)18-7-2-3-8-18/h4-5,10H,2-3,6-9H2,1H3,(H,17,19). The van der Waals surface area contributed by atoms with E-state index in [1.165, 1.54) is 29.6 Å². The molecule has 2 rings (SSSR count). The Morgan fingerprint density at radius 3 is 2.58 bits per heavy atom. The molecule has 0 spiro atoms. The van der Waals surface area contributed by atoms with Crippen molar-refractivity contribution in [2.45, 2.75) is 19.3 Å². The Morgan fingerprint density at radius 1 is 1.29 bits per heavy atom. The zero-order valence-corrected chi connectivity index (χ0v) is 14.8. The molecule has 1 amide bonds. The number of carbonyl (C=O) groups is 2. The number of nitrogens with zero attached hydrogens (tertiary/aromatic N) is 1. The average molecular weight is 375 g/mol. The van der Waals surface area contributed by atoms with Gasteiger partial charge in [0.25, 0.3) is 0 Å². The average Bonchev–Trinajstić information content (AvgIpc) is 3.10. The summed E-state index contributed by atoms with van der Waals surface area (Å²) in [6, 6.07) is 4.33. The van der Waals surface area contributed by atoms with Crippen molar-refractivity contribution < 1.29 is 22.7 Å². The molecule has 1 aromatic carbocycles. The molecule has 1 aliphatic rings. The third kappa shape index (κ3) is 4.68. The van der Waals surface area contributed by atoms with Crippen LogP contribution in [-0.2, 0) is 19.6 Å². The molecule has 24 heavy (non-hydrogen) atoms. The van der Waals surface area contributed by atoms with E-state index in [1.54, 1.807) is 0 Å². The Labute approximate surface area is 146 Å². The second-order valence-electron chi connectivity index (χ2n) is 5.41. The number of methoxy groups -OCH3 is 1. The third-order valence-corrected chi connectivity index (χ3v) is 5.91. The minimum atomic E-state index is -3.42. The number of nitrogens with one attached hydrogen (secondary N) is 1. The van der Waals surface area contributed by atoms with Crippen LogP contribution in [0.15, 0.2) is 18.2 Å². The number of sulfonamides is 1. The van der Waals surface area contributed by atoms with Gasteiger partial charge in [0.15, 0.2) is 0 Å². The van der Waals surface area contributed by atoms with E-state index in [-0.39, 0.29) is 28.4 Å². The van der Waals surface area contributed by atoms with Gasteiger partial charge in [-0.25, -0.2) is 17.5 Å². The summed E-state index contributed by atoms with van der Waals surface area (Å²) in [4.78, 5) is 23.5. The van der Waals surface area contributed by atoms with Gasteiger partial charge in [-0.2, -0.15) is 0 Å². The van der Waals surface area contributed by atoms with Gasteiger partial charge in [0.1, 0.15) is 0 Å². The van der Waals surface area contributed by atoms with Crippen molar-refractivity contribution in [2.24, 2.45) is 0 Å². The van der Waals surface area contributed by atoms with E-state index in [0.29, 0.717) is 13.1 Å². The largest absolute Gasteiger partial charge is 0.465 e. The van der Waals surface area contributed by atoms with Crippen LogP contribution < -0.4 is 5.32 Å². The summed E-state index contributed by atoms with van der Waals surface area (Å²) < 4.78 is 30.2.